The minimum Gasteiger partial charge on any atom is -0.366 e. The normalized spacial score (nSPS) is 10.2. The molecule has 0 atom stereocenters. The quantitative estimate of drug-likeness (QED) is 0.827. The fourth-order valence-corrected chi connectivity index (χ4v) is 2.43. The van der Waals surface area contributed by atoms with Gasteiger partial charge in [-0.05, 0) is 24.3 Å². The van der Waals surface area contributed by atoms with Crippen molar-refractivity contribution in [2.45, 2.75) is 0 Å². The van der Waals surface area contributed by atoms with Crippen LogP contribution < -0.4 is 11.1 Å². The molecule has 0 saturated heterocycles. The summed E-state index contributed by atoms with van der Waals surface area (Å²) >= 11 is 17.8. The summed E-state index contributed by atoms with van der Waals surface area (Å²) in [7, 11) is 0. The number of benzene rings is 2. The predicted octanol–water partition coefficient (Wildman–Crippen LogP) is 4.00. The van der Waals surface area contributed by atoms with Gasteiger partial charge in [-0.3, -0.25) is 9.59 Å². The van der Waals surface area contributed by atoms with Crippen LogP contribution in [0.5, 0.6) is 0 Å². The number of para-hydroxylation sites is 1. The Morgan fingerprint density at radius 2 is 1.57 bits per heavy atom. The highest BCUT2D eigenvalue weighted by Crippen LogP contribution is 2.32. The standard InChI is InChI=1S/C14H9Cl3N2O2/c15-8-5-6-9(16)12(17)11(8)14(21)19-10-4-2-1-3-7(10)13(18)20/h1-6H,(H2,18,20)(H,19,21). The maximum Gasteiger partial charge on any atom is 0.258 e. The summed E-state index contributed by atoms with van der Waals surface area (Å²) in [5, 5.41) is 2.94. The third-order valence-corrected chi connectivity index (χ3v) is 3.83. The van der Waals surface area contributed by atoms with Crippen LogP contribution in [-0.2, 0) is 0 Å². The van der Waals surface area contributed by atoms with Gasteiger partial charge in [-0.25, -0.2) is 0 Å². The number of hydrogen-bond acceptors (Lipinski definition) is 2. The van der Waals surface area contributed by atoms with Crippen LogP contribution in [0, 0.1) is 0 Å². The number of rotatable bonds is 3. The summed E-state index contributed by atoms with van der Waals surface area (Å²) in [6, 6.07) is 9.28. The van der Waals surface area contributed by atoms with Crippen molar-refractivity contribution in [2.24, 2.45) is 5.73 Å². The molecular formula is C14H9Cl3N2O2. The van der Waals surface area contributed by atoms with E-state index in [0.717, 1.165) is 0 Å². The molecule has 0 unspecified atom stereocenters. The van der Waals surface area contributed by atoms with Crippen LogP contribution in [0.4, 0.5) is 5.69 Å². The molecule has 108 valence electrons. The Hall–Kier alpha value is -1.75. The molecule has 2 aromatic carbocycles. The van der Waals surface area contributed by atoms with Crippen LogP contribution in [-0.4, -0.2) is 11.8 Å². The SMILES string of the molecule is NC(=O)c1ccccc1NC(=O)c1c(Cl)ccc(Cl)c1Cl. The van der Waals surface area contributed by atoms with E-state index in [1.807, 2.05) is 0 Å². The highest BCUT2D eigenvalue weighted by molar-refractivity contribution is 6.46. The van der Waals surface area contributed by atoms with Crippen LogP contribution in [0.1, 0.15) is 20.7 Å². The number of amides is 2. The number of halogens is 3. The zero-order chi connectivity index (χ0) is 15.6. The van der Waals surface area contributed by atoms with E-state index in [9.17, 15) is 9.59 Å². The van der Waals surface area contributed by atoms with Crippen LogP contribution in [0.2, 0.25) is 15.1 Å². The van der Waals surface area contributed by atoms with Gasteiger partial charge in [0, 0.05) is 0 Å². The van der Waals surface area contributed by atoms with Crippen molar-refractivity contribution in [1.82, 2.24) is 0 Å². The largest absolute Gasteiger partial charge is 0.366 e. The van der Waals surface area contributed by atoms with E-state index in [2.05, 4.69) is 5.32 Å². The highest BCUT2D eigenvalue weighted by Gasteiger charge is 2.19. The lowest BCUT2D eigenvalue weighted by Gasteiger charge is -2.11. The van der Waals surface area contributed by atoms with Crippen LogP contribution in [0.15, 0.2) is 36.4 Å². The summed E-state index contributed by atoms with van der Waals surface area (Å²) < 4.78 is 0. The Bertz CT molecular complexity index is 732. The number of nitrogens with one attached hydrogen (secondary N) is 1. The lowest BCUT2D eigenvalue weighted by Crippen LogP contribution is -2.18. The monoisotopic (exact) mass is 342 g/mol. The number of hydrogen-bond donors (Lipinski definition) is 2. The van der Waals surface area contributed by atoms with Crippen molar-refractivity contribution in [1.29, 1.82) is 0 Å². The summed E-state index contributed by atoms with van der Waals surface area (Å²) in [5.74, 6) is -1.24. The molecule has 0 aliphatic heterocycles. The Morgan fingerprint density at radius 3 is 2.24 bits per heavy atom. The van der Waals surface area contributed by atoms with Crippen LogP contribution in [0.3, 0.4) is 0 Å². The minimum atomic E-state index is -0.658. The molecule has 2 amide bonds. The van der Waals surface area contributed by atoms with Gasteiger partial charge in [0.25, 0.3) is 11.8 Å². The third-order valence-electron chi connectivity index (χ3n) is 2.71. The van der Waals surface area contributed by atoms with Gasteiger partial charge in [0.15, 0.2) is 0 Å². The highest BCUT2D eigenvalue weighted by atomic mass is 35.5. The molecule has 2 aromatic rings. The van der Waals surface area contributed by atoms with Gasteiger partial charge < -0.3 is 11.1 Å². The average molecular weight is 344 g/mol. The molecule has 2 rings (SSSR count). The van der Waals surface area contributed by atoms with Gasteiger partial charge in [-0.15, -0.1) is 0 Å². The first kappa shape index (κ1) is 15.6. The number of anilines is 1. The van der Waals surface area contributed by atoms with Crippen molar-refractivity contribution in [2.75, 3.05) is 5.32 Å². The first-order valence-corrected chi connectivity index (χ1v) is 6.89. The molecule has 0 saturated carbocycles. The van der Waals surface area contributed by atoms with E-state index in [-0.39, 0.29) is 31.9 Å². The lowest BCUT2D eigenvalue weighted by molar-refractivity contribution is 0.100. The van der Waals surface area contributed by atoms with E-state index in [1.165, 1.54) is 18.2 Å². The zero-order valence-corrected chi connectivity index (χ0v) is 12.8. The topological polar surface area (TPSA) is 72.2 Å². The molecule has 7 heteroatoms. The molecule has 0 bridgehead atoms. The summed E-state index contributed by atoms with van der Waals surface area (Å²) in [4.78, 5) is 23.6. The van der Waals surface area contributed by atoms with Gasteiger partial charge in [-0.1, -0.05) is 46.9 Å². The first-order valence-electron chi connectivity index (χ1n) is 5.75. The van der Waals surface area contributed by atoms with Gasteiger partial charge in [0.2, 0.25) is 0 Å². The molecule has 0 heterocycles. The zero-order valence-electron chi connectivity index (χ0n) is 10.5. The Morgan fingerprint density at radius 1 is 0.952 bits per heavy atom. The molecule has 0 fully saturated rings. The molecule has 0 aromatic heterocycles. The first-order chi connectivity index (χ1) is 9.91. The Kier molecular flexibility index (Phi) is 4.73. The number of carbonyl (C=O) groups excluding carboxylic acids is 2. The van der Waals surface area contributed by atoms with Crippen molar-refractivity contribution >= 4 is 52.3 Å². The number of nitrogens with two attached hydrogens (primary N) is 1. The molecule has 0 radical (unpaired) electrons. The third kappa shape index (κ3) is 3.29. The van der Waals surface area contributed by atoms with E-state index in [0.29, 0.717) is 0 Å². The second-order valence-electron chi connectivity index (χ2n) is 4.08. The van der Waals surface area contributed by atoms with Gasteiger partial charge in [0.05, 0.1) is 31.9 Å². The number of carbonyl (C=O) groups is 2. The van der Waals surface area contributed by atoms with Crippen molar-refractivity contribution in [3.8, 4) is 0 Å². The summed E-state index contributed by atoms with van der Waals surface area (Å²) in [6.07, 6.45) is 0. The van der Waals surface area contributed by atoms with Crippen molar-refractivity contribution < 1.29 is 9.59 Å². The van der Waals surface area contributed by atoms with Gasteiger partial charge in [0.1, 0.15) is 0 Å². The van der Waals surface area contributed by atoms with E-state index < -0.39 is 11.8 Å². The smallest absolute Gasteiger partial charge is 0.258 e. The summed E-state index contributed by atoms with van der Waals surface area (Å²) in [6.45, 7) is 0. The molecular weight excluding hydrogens is 335 g/mol. The molecule has 0 spiro atoms. The minimum absolute atomic E-state index is 0.0325. The molecule has 21 heavy (non-hydrogen) atoms. The molecule has 0 aliphatic carbocycles. The van der Waals surface area contributed by atoms with Gasteiger partial charge in [-0.2, -0.15) is 0 Å². The lowest BCUT2D eigenvalue weighted by atomic mass is 10.1. The van der Waals surface area contributed by atoms with E-state index in [1.54, 1.807) is 18.2 Å². The molecule has 3 N–H and O–H groups in total. The van der Waals surface area contributed by atoms with Crippen LogP contribution in [0.25, 0.3) is 0 Å². The predicted molar refractivity (Wildman–Crippen MR) is 84.4 cm³/mol. The Labute approximate surface area is 135 Å². The van der Waals surface area contributed by atoms with Crippen LogP contribution >= 0.6 is 34.8 Å². The molecule has 4 nitrogen and oxygen atoms in total. The Balaban J connectivity index is 2.40. The van der Waals surface area contributed by atoms with E-state index >= 15 is 0 Å². The fraction of sp³-hybridized carbons (Fsp3) is 0. The average Bonchev–Trinajstić information content (AvgIpc) is 2.43. The van der Waals surface area contributed by atoms with Gasteiger partial charge >= 0.3 is 0 Å². The maximum absolute atomic E-state index is 12.3. The van der Waals surface area contributed by atoms with E-state index in [4.69, 9.17) is 40.5 Å². The second kappa shape index (κ2) is 6.35. The van der Waals surface area contributed by atoms with Crippen molar-refractivity contribution in [3.05, 3.63) is 62.6 Å². The van der Waals surface area contributed by atoms with Crippen molar-refractivity contribution in [3.63, 3.8) is 0 Å². The fourth-order valence-electron chi connectivity index (χ4n) is 1.73. The summed E-state index contributed by atoms with van der Waals surface area (Å²) in [5.41, 5.74) is 5.73. The molecule has 0 aliphatic rings. The maximum atomic E-state index is 12.3. The number of primary amides is 1. The second-order valence-corrected chi connectivity index (χ2v) is 5.27.